The molecule has 0 unspecified atom stereocenters. The van der Waals surface area contributed by atoms with E-state index in [0.29, 0.717) is 6.54 Å². The summed E-state index contributed by atoms with van der Waals surface area (Å²) in [6.45, 7) is 1.46. The van der Waals surface area contributed by atoms with Gasteiger partial charge in [0.05, 0.1) is 5.41 Å². The Balaban J connectivity index is 1.97. The van der Waals surface area contributed by atoms with Crippen molar-refractivity contribution in [1.82, 2.24) is 20.2 Å². The third kappa shape index (κ3) is 2.04. The monoisotopic (exact) mass is 257 g/mol. The van der Waals surface area contributed by atoms with Crippen LogP contribution in [0.1, 0.15) is 37.1 Å². The number of nitrogens with zero attached hydrogens (tertiary/aromatic N) is 4. The Bertz CT molecular complexity index is 530. The van der Waals surface area contributed by atoms with E-state index in [1.165, 1.54) is 12.0 Å². The van der Waals surface area contributed by atoms with Crippen LogP contribution in [0.3, 0.4) is 0 Å². The van der Waals surface area contributed by atoms with Gasteiger partial charge in [-0.2, -0.15) is 0 Å². The van der Waals surface area contributed by atoms with E-state index in [-0.39, 0.29) is 5.41 Å². The molecule has 1 heterocycles. The summed E-state index contributed by atoms with van der Waals surface area (Å²) in [6.07, 6.45) is 4.39. The van der Waals surface area contributed by atoms with Gasteiger partial charge in [0, 0.05) is 6.54 Å². The molecule has 1 aliphatic carbocycles. The first-order valence-corrected chi connectivity index (χ1v) is 6.89. The number of aromatic nitrogens is 4. The highest BCUT2D eigenvalue weighted by Gasteiger charge is 2.44. The summed E-state index contributed by atoms with van der Waals surface area (Å²) >= 11 is 0. The maximum Gasteiger partial charge on any atom is 0.161 e. The molecule has 0 radical (unpaired) electrons. The standard InChI is InChI=1S/C14H19N5/c15-10-5-11-19-13(16-17-18-19)14(8-4-9-14)12-6-2-1-3-7-12/h1-3,6-7H,4-5,8-11,15H2. The van der Waals surface area contributed by atoms with Crippen LogP contribution >= 0.6 is 0 Å². The number of benzene rings is 1. The predicted octanol–water partition coefficient (Wildman–Crippen LogP) is 1.49. The molecule has 2 N–H and O–H groups in total. The van der Waals surface area contributed by atoms with E-state index < -0.39 is 0 Å². The molecular formula is C14H19N5. The summed E-state index contributed by atoms with van der Waals surface area (Å²) < 4.78 is 1.93. The minimum absolute atomic E-state index is 0.0133. The number of nitrogens with two attached hydrogens (primary N) is 1. The van der Waals surface area contributed by atoms with Crippen molar-refractivity contribution >= 4 is 0 Å². The fourth-order valence-corrected chi connectivity index (χ4v) is 2.87. The van der Waals surface area contributed by atoms with E-state index >= 15 is 0 Å². The summed E-state index contributed by atoms with van der Waals surface area (Å²) in [7, 11) is 0. The van der Waals surface area contributed by atoms with Gasteiger partial charge in [0.15, 0.2) is 5.82 Å². The molecule has 1 aromatic carbocycles. The average Bonchev–Trinajstić information content (AvgIpc) is 2.85. The summed E-state index contributed by atoms with van der Waals surface area (Å²) in [5.41, 5.74) is 6.92. The molecular weight excluding hydrogens is 238 g/mol. The van der Waals surface area contributed by atoms with E-state index in [4.69, 9.17) is 5.73 Å². The SMILES string of the molecule is NCCCn1nnnc1C1(c2ccccc2)CCC1. The van der Waals surface area contributed by atoms with Crippen molar-refractivity contribution < 1.29 is 0 Å². The van der Waals surface area contributed by atoms with Gasteiger partial charge >= 0.3 is 0 Å². The van der Waals surface area contributed by atoms with Crippen molar-refractivity contribution in [3.63, 3.8) is 0 Å². The fraction of sp³-hybridized carbons (Fsp3) is 0.500. The first-order chi connectivity index (χ1) is 9.37. The highest BCUT2D eigenvalue weighted by Crippen LogP contribution is 2.47. The van der Waals surface area contributed by atoms with Gasteiger partial charge in [0.1, 0.15) is 0 Å². The number of hydrogen-bond acceptors (Lipinski definition) is 4. The van der Waals surface area contributed by atoms with E-state index in [1.807, 2.05) is 10.7 Å². The van der Waals surface area contributed by atoms with Crippen LogP contribution in [-0.2, 0) is 12.0 Å². The third-order valence-electron chi connectivity index (χ3n) is 4.07. The van der Waals surface area contributed by atoms with Crippen LogP contribution in [0.15, 0.2) is 30.3 Å². The van der Waals surface area contributed by atoms with Gasteiger partial charge in [-0.25, -0.2) is 4.68 Å². The maximum atomic E-state index is 5.58. The molecule has 0 bridgehead atoms. The van der Waals surface area contributed by atoms with Gasteiger partial charge in [-0.15, -0.1) is 5.10 Å². The van der Waals surface area contributed by atoms with Gasteiger partial charge in [0.25, 0.3) is 0 Å². The molecule has 1 aromatic heterocycles. The molecule has 19 heavy (non-hydrogen) atoms. The fourth-order valence-electron chi connectivity index (χ4n) is 2.87. The van der Waals surface area contributed by atoms with Crippen molar-refractivity contribution in [3.05, 3.63) is 41.7 Å². The summed E-state index contributed by atoms with van der Waals surface area (Å²) in [5, 5.41) is 12.3. The van der Waals surface area contributed by atoms with E-state index in [1.54, 1.807) is 0 Å². The molecule has 0 aliphatic heterocycles. The van der Waals surface area contributed by atoms with E-state index in [0.717, 1.165) is 31.6 Å². The van der Waals surface area contributed by atoms with Crippen LogP contribution in [0.4, 0.5) is 0 Å². The van der Waals surface area contributed by atoms with Crippen molar-refractivity contribution in [2.24, 2.45) is 5.73 Å². The summed E-state index contributed by atoms with van der Waals surface area (Å²) in [4.78, 5) is 0. The lowest BCUT2D eigenvalue weighted by atomic mass is 9.64. The summed E-state index contributed by atoms with van der Waals surface area (Å²) in [5.74, 6) is 0.999. The first kappa shape index (κ1) is 12.3. The lowest BCUT2D eigenvalue weighted by Crippen LogP contribution is -2.38. The topological polar surface area (TPSA) is 69.6 Å². The Kier molecular flexibility index (Phi) is 3.29. The molecule has 1 saturated carbocycles. The lowest BCUT2D eigenvalue weighted by molar-refractivity contribution is 0.270. The van der Waals surface area contributed by atoms with Crippen LogP contribution < -0.4 is 5.73 Å². The molecule has 100 valence electrons. The number of hydrogen-bond donors (Lipinski definition) is 1. The molecule has 0 amide bonds. The van der Waals surface area contributed by atoms with Crippen molar-refractivity contribution in [1.29, 1.82) is 0 Å². The zero-order valence-electron chi connectivity index (χ0n) is 11.0. The van der Waals surface area contributed by atoms with Gasteiger partial charge < -0.3 is 5.73 Å². The molecule has 2 aromatic rings. The predicted molar refractivity (Wildman–Crippen MR) is 72.6 cm³/mol. The minimum atomic E-state index is 0.0133. The minimum Gasteiger partial charge on any atom is -0.330 e. The lowest BCUT2D eigenvalue weighted by Gasteiger charge is -2.41. The second-order valence-electron chi connectivity index (χ2n) is 5.17. The highest BCUT2D eigenvalue weighted by atomic mass is 15.5. The van der Waals surface area contributed by atoms with Crippen LogP contribution in [0.5, 0.6) is 0 Å². The molecule has 0 atom stereocenters. The smallest absolute Gasteiger partial charge is 0.161 e. The number of rotatable bonds is 5. The van der Waals surface area contributed by atoms with Crippen molar-refractivity contribution in [3.8, 4) is 0 Å². The zero-order chi connectivity index (χ0) is 13.1. The van der Waals surface area contributed by atoms with Crippen LogP contribution in [0.2, 0.25) is 0 Å². The third-order valence-corrected chi connectivity index (χ3v) is 4.07. The van der Waals surface area contributed by atoms with Crippen molar-refractivity contribution in [2.75, 3.05) is 6.54 Å². The second-order valence-corrected chi connectivity index (χ2v) is 5.17. The zero-order valence-corrected chi connectivity index (χ0v) is 11.0. The summed E-state index contributed by atoms with van der Waals surface area (Å²) in [6, 6.07) is 10.6. The molecule has 5 heteroatoms. The quantitative estimate of drug-likeness (QED) is 0.881. The van der Waals surface area contributed by atoms with Crippen molar-refractivity contribution in [2.45, 2.75) is 37.6 Å². The first-order valence-electron chi connectivity index (χ1n) is 6.89. The Labute approximate surface area is 112 Å². The van der Waals surface area contributed by atoms with Gasteiger partial charge in [0.2, 0.25) is 0 Å². The van der Waals surface area contributed by atoms with Crippen LogP contribution in [0.25, 0.3) is 0 Å². The molecule has 0 spiro atoms. The molecule has 5 nitrogen and oxygen atoms in total. The molecule has 1 fully saturated rings. The van der Waals surface area contributed by atoms with Gasteiger partial charge in [-0.05, 0) is 41.8 Å². The number of tetrazole rings is 1. The second kappa shape index (κ2) is 5.09. The van der Waals surface area contributed by atoms with E-state index in [9.17, 15) is 0 Å². The van der Waals surface area contributed by atoms with E-state index in [2.05, 4.69) is 39.8 Å². The van der Waals surface area contributed by atoms with Gasteiger partial charge in [-0.3, -0.25) is 0 Å². The highest BCUT2D eigenvalue weighted by molar-refractivity contribution is 5.35. The molecule has 1 aliphatic rings. The Morgan fingerprint density at radius 1 is 1.21 bits per heavy atom. The Hall–Kier alpha value is -1.75. The normalized spacial score (nSPS) is 17.1. The van der Waals surface area contributed by atoms with Crippen LogP contribution in [-0.4, -0.2) is 26.8 Å². The van der Waals surface area contributed by atoms with Gasteiger partial charge in [-0.1, -0.05) is 36.8 Å². The number of aryl methyl sites for hydroxylation is 1. The maximum absolute atomic E-state index is 5.58. The Morgan fingerprint density at radius 3 is 2.63 bits per heavy atom. The molecule has 3 rings (SSSR count). The Morgan fingerprint density at radius 2 is 2.00 bits per heavy atom. The largest absolute Gasteiger partial charge is 0.330 e. The molecule has 0 saturated heterocycles. The average molecular weight is 257 g/mol. The van der Waals surface area contributed by atoms with Crippen LogP contribution in [0, 0.1) is 0 Å².